The summed E-state index contributed by atoms with van der Waals surface area (Å²) in [4.78, 5) is 25.1. The Bertz CT molecular complexity index is 706. The van der Waals surface area contributed by atoms with E-state index in [0.29, 0.717) is 13.1 Å². The van der Waals surface area contributed by atoms with Gasteiger partial charge in [-0.2, -0.15) is 0 Å². The van der Waals surface area contributed by atoms with E-state index >= 15 is 0 Å². The molecule has 6 heteroatoms. The number of anilines is 1. The van der Waals surface area contributed by atoms with E-state index in [1.165, 1.54) is 11.1 Å². The number of nitrogens with zero attached hydrogens (tertiary/aromatic N) is 4. The van der Waals surface area contributed by atoms with Crippen LogP contribution in [0.1, 0.15) is 29.7 Å². The zero-order chi connectivity index (χ0) is 17.8. The van der Waals surface area contributed by atoms with Crippen molar-refractivity contribution in [3.05, 3.63) is 53.3 Å². The summed E-state index contributed by atoms with van der Waals surface area (Å²) in [7, 11) is 0. The van der Waals surface area contributed by atoms with Crippen molar-refractivity contribution in [2.75, 3.05) is 31.1 Å². The Kier molecular flexibility index (Phi) is 5.16. The monoisotopic (exact) mass is 339 g/mol. The largest absolute Gasteiger partial charge is 0.337 e. The van der Waals surface area contributed by atoms with Crippen LogP contribution in [-0.4, -0.2) is 47.1 Å². The molecule has 1 saturated heterocycles. The van der Waals surface area contributed by atoms with Crippen molar-refractivity contribution in [2.24, 2.45) is 0 Å². The second kappa shape index (κ2) is 7.51. The highest BCUT2D eigenvalue weighted by molar-refractivity contribution is 5.75. The fraction of sp³-hybridized carbons (Fsp3) is 0.421. The summed E-state index contributed by atoms with van der Waals surface area (Å²) < 4.78 is 0. The van der Waals surface area contributed by atoms with Crippen LogP contribution in [0.25, 0.3) is 0 Å². The third-order valence-electron chi connectivity index (χ3n) is 4.49. The maximum absolute atomic E-state index is 12.6. The number of rotatable bonds is 3. The van der Waals surface area contributed by atoms with E-state index in [2.05, 4.69) is 52.2 Å². The van der Waals surface area contributed by atoms with Crippen LogP contribution in [0.5, 0.6) is 0 Å². The number of nitrogens with one attached hydrogen (secondary N) is 1. The number of aromatic nitrogens is 2. The molecule has 0 spiro atoms. The first-order valence-electron chi connectivity index (χ1n) is 8.68. The highest BCUT2D eigenvalue weighted by Crippen LogP contribution is 2.17. The van der Waals surface area contributed by atoms with Crippen LogP contribution in [-0.2, 0) is 0 Å². The number of carbonyl (C=O) groups excluding carboxylic acids is 1. The lowest BCUT2D eigenvalue weighted by Gasteiger charge is -2.35. The van der Waals surface area contributed by atoms with Crippen LogP contribution in [0.3, 0.4) is 0 Å². The molecule has 0 radical (unpaired) electrons. The van der Waals surface area contributed by atoms with Gasteiger partial charge in [-0.25, -0.2) is 14.8 Å². The van der Waals surface area contributed by atoms with E-state index < -0.39 is 0 Å². The predicted octanol–water partition coefficient (Wildman–Crippen LogP) is 2.69. The van der Waals surface area contributed by atoms with Crippen molar-refractivity contribution >= 4 is 12.0 Å². The fourth-order valence-electron chi connectivity index (χ4n) is 3.18. The topological polar surface area (TPSA) is 61.4 Å². The molecule has 1 fully saturated rings. The summed E-state index contributed by atoms with van der Waals surface area (Å²) in [5, 5.41) is 3.11. The third kappa shape index (κ3) is 4.26. The quantitative estimate of drug-likeness (QED) is 0.934. The van der Waals surface area contributed by atoms with Crippen molar-refractivity contribution in [1.82, 2.24) is 20.2 Å². The van der Waals surface area contributed by atoms with Gasteiger partial charge in [0.2, 0.25) is 5.95 Å². The molecule has 3 rings (SSSR count). The zero-order valence-corrected chi connectivity index (χ0v) is 15.1. The number of hydrogen-bond acceptors (Lipinski definition) is 4. The second-order valence-corrected chi connectivity index (χ2v) is 6.62. The first-order chi connectivity index (χ1) is 12.0. The number of amides is 2. The molecule has 0 bridgehead atoms. The molecule has 1 N–H and O–H groups in total. The Morgan fingerprint density at radius 3 is 2.24 bits per heavy atom. The van der Waals surface area contributed by atoms with E-state index in [4.69, 9.17) is 0 Å². The molecule has 2 heterocycles. The second-order valence-electron chi connectivity index (χ2n) is 6.62. The number of carbonyl (C=O) groups is 1. The molecule has 1 aromatic heterocycles. The van der Waals surface area contributed by atoms with Gasteiger partial charge in [0.15, 0.2) is 0 Å². The lowest BCUT2D eigenvalue weighted by Crippen LogP contribution is -2.52. The Balaban J connectivity index is 1.56. The van der Waals surface area contributed by atoms with Gasteiger partial charge in [0, 0.05) is 38.6 Å². The molecule has 6 nitrogen and oxygen atoms in total. The molecule has 25 heavy (non-hydrogen) atoms. The summed E-state index contributed by atoms with van der Waals surface area (Å²) in [5.41, 5.74) is 3.57. The lowest BCUT2D eigenvalue weighted by molar-refractivity contribution is 0.191. The maximum atomic E-state index is 12.6. The Morgan fingerprint density at radius 1 is 1.04 bits per heavy atom. The molecule has 132 valence electrons. The maximum Gasteiger partial charge on any atom is 0.317 e. The molecule has 1 aromatic carbocycles. The van der Waals surface area contributed by atoms with E-state index in [1.807, 2.05) is 17.9 Å². The predicted molar refractivity (Wildman–Crippen MR) is 98.7 cm³/mol. The zero-order valence-electron chi connectivity index (χ0n) is 15.1. The van der Waals surface area contributed by atoms with Crippen LogP contribution in [0.15, 0.2) is 36.7 Å². The number of piperazine rings is 1. The highest BCUT2D eigenvalue weighted by atomic mass is 16.2. The van der Waals surface area contributed by atoms with Gasteiger partial charge in [-0.1, -0.05) is 29.3 Å². The van der Waals surface area contributed by atoms with Crippen LogP contribution in [0, 0.1) is 13.8 Å². The molecular formula is C19H25N5O. The minimum Gasteiger partial charge on any atom is -0.337 e. The fourth-order valence-corrected chi connectivity index (χ4v) is 3.18. The molecule has 2 aromatic rings. The van der Waals surface area contributed by atoms with Gasteiger partial charge >= 0.3 is 6.03 Å². The number of urea groups is 1. The standard InChI is InChI=1S/C19H25N5O/c1-14-11-15(2)13-17(12-14)16(3)22-19(25)24-9-7-23(8-10-24)18-20-5-4-6-21-18/h4-6,11-13,16H,7-10H2,1-3H3,(H,22,25). The highest BCUT2D eigenvalue weighted by Gasteiger charge is 2.23. The molecule has 1 atom stereocenters. The first-order valence-corrected chi connectivity index (χ1v) is 8.68. The third-order valence-corrected chi connectivity index (χ3v) is 4.49. The summed E-state index contributed by atoms with van der Waals surface area (Å²) in [6.07, 6.45) is 3.49. The van der Waals surface area contributed by atoms with Gasteiger partial charge in [0.05, 0.1) is 6.04 Å². The van der Waals surface area contributed by atoms with E-state index in [1.54, 1.807) is 12.4 Å². The summed E-state index contributed by atoms with van der Waals surface area (Å²) in [6, 6.07) is 8.18. The SMILES string of the molecule is Cc1cc(C)cc(C(C)NC(=O)N2CCN(c3ncccn3)CC2)c1. The van der Waals surface area contributed by atoms with Crippen molar-refractivity contribution < 1.29 is 4.79 Å². The van der Waals surface area contributed by atoms with E-state index in [9.17, 15) is 4.79 Å². The Labute approximate surface area is 148 Å². The van der Waals surface area contributed by atoms with Gasteiger partial charge < -0.3 is 15.1 Å². The van der Waals surface area contributed by atoms with Crippen LogP contribution < -0.4 is 10.2 Å². The van der Waals surface area contributed by atoms with Crippen molar-refractivity contribution in [3.63, 3.8) is 0 Å². The molecule has 2 amide bonds. The van der Waals surface area contributed by atoms with Crippen molar-refractivity contribution in [3.8, 4) is 0 Å². The summed E-state index contributed by atoms with van der Waals surface area (Å²) in [5.74, 6) is 0.728. The molecule has 1 aliphatic rings. The molecule has 1 unspecified atom stereocenters. The number of aryl methyl sites for hydroxylation is 2. The number of hydrogen-bond donors (Lipinski definition) is 1. The van der Waals surface area contributed by atoms with Gasteiger partial charge in [-0.05, 0) is 32.4 Å². The number of benzene rings is 1. The summed E-state index contributed by atoms with van der Waals surface area (Å²) in [6.45, 7) is 9.02. The Morgan fingerprint density at radius 2 is 1.64 bits per heavy atom. The van der Waals surface area contributed by atoms with Crippen LogP contribution in [0.4, 0.5) is 10.7 Å². The van der Waals surface area contributed by atoms with Gasteiger partial charge in [0.1, 0.15) is 0 Å². The van der Waals surface area contributed by atoms with E-state index in [-0.39, 0.29) is 12.1 Å². The van der Waals surface area contributed by atoms with Crippen molar-refractivity contribution in [1.29, 1.82) is 0 Å². The van der Waals surface area contributed by atoms with Crippen molar-refractivity contribution in [2.45, 2.75) is 26.8 Å². The van der Waals surface area contributed by atoms with Gasteiger partial charge in [-0.15, -0.1) is 0 Å². The minimum absolute atomic E-state index is 0.0124. The average molecular weight is 339 g/mol. The smallest absolute Gasteiger partial charge is 0.317 e. The normalized spacial score (nSPS) is 15.8. The minimum atomic E-state index is -0.0136. The van der Waals surface area contributed by atoms with Crippen LogP contribution in [0.2, 0.25) is 0 Å². The molecule has 0 aliphatic carbocycles. The lowest BCUT2D eigenvalue weighted by atomic mass is 10.0. The summed E-state index contributed by atoms with van der Waals surface area (Å²) >= 11 is 0. The van der Waals surface area contributed by atoms with Crippen LogP contribution >= 0.6 is 0 Å². The molecule has 1 aliphatic heterocycles. The molecule has 0 saturated carbocycles. The van der Waals surface area contributed by atoms with Gasteiger partial charge in [-0.3, -0.25) is 0 Å². The molecular weight excluding hydrogens is 314 g/mol. The van der Waals surface area contributed by atoms with E-state index in [0.717, 1.165) is 24.6 Å². The first kappa shape index (κ1) is 17.2. The van der Waals surface area contributed by atoms with Gasteiger partial charge in [0.25, 0.3) is 0 Å². The Hall–Kier alpha value is -2.63. The average Bonchev–Trinajstić information content (AvgIpc) is 2.61.